The monoisotopic (exact) mass is 1830 g/mol. The van der Waals surface area contributed by atoms with Gasteiger partial charge in [0.05, 0.1) is 111 Å². The van der Waals surface area contributed by atoms with Crippen LogP contribution in [0.1, 0.15) is 143 Å². The fourth-order valence-electron chi connectivity index (χ4n) is 16.7. The minimum Gasteiger partial charge on any atom is -0.467 e. The molecule has 0 unspecified atom stereocenters. The van der Waals surface area contributed by atoms with Crippen LogP contribution in [-0.2, 0) is 108 Å². The number of hydrogen-bond acceptors (Lipinski definition) is 14. The van der Waals surface area contributed by atoms with Gasteiger partial charge in [-0.05, 0) is 120 Å². The quantitative estimate of drug-likeness (QED) is 0.0190. The van der Waals surface area contributed by atoms with Crippen LogP contribution in [0.25, 0.3) is 11.3 Å². The van der Waals surface area contributed by atoms with Gasteiger partial charge in [-0.2, -0.15) is 0 Å². The molecule has 6 fully saturated rings. The van der Waals surface area contributed by atoms with Crippen LogP contribution in [0.2, 0.25) is 5.02 Å². The number of anilines is 4. The predicted molar refractivity (Wildman–Crippen MR) is 504 cm³/mol. The van der Waals surface area contributed by atoms with E-state index in [2.05, 4.69) is 203 Å². The number of benzene rings is 2. The van der Waals surface area contributed by atoms with E-state index in [9.17, 15) is 8.78 Å². The Morgan fingerprint density at radius 1 is 0.382 bits per heavy atom. The number of aromatic nitrogens is 14. The third-order valence-corrected chi connectivity index (χ3v) is 27.4. The Morgan fingerprint density at radius 3 is 1.20 bits per heavy atom. The number of hydrogen-bond donors (Lipinski definition) is 6. The van der Waals surface area contributed by atoms with Gasteiger partial charge in [0.15, 0.2) is 88.6 Å². The Balaban J connectivity index is 0.000000102. The van der Waals surface area contributed by atoms with E-state index in [1.54, 1.807) is 41.3 Å². The maximum atomic E-state index is 14.6. The Bertz CT molecular complexity index is 6390. The second-order valence-electron chi connectivity index (χ2n) is 35.6. The van der Waals surface area contributed by atoms with Crippen LogP contribution >= 0.6 is 34.3 Å². The van der Waals surface area contributed by atoms with Gasteiger partial charge in [-0.3, -0.25) is 30.0 Å². The largest absolute Gasteiger partial charge is 0.467 e. The lowest BCUT2D eigenvalue weighted by Crippen LogP contribution is -2.37. The number of furan rings is 2. The first-order valence-corrected chi connectivity index (χ1v) is 47.4. The third kappa shape index (κ3) is 20.6. The molecule has 0 radical (unpaired) electrons. The van der Waals surface area contributed by atoms with E-state index in [4.69, 9.17) is 54.8 Å². The summed E-state index contributed by atoms with van der Waals surface area (Å²) < 4.78 is 70.3. The molecular weight excluding hydrogens is 1720 g/mol. The first kappa shape index (κ1) is 87.2. The molecule has 0 saturated heterocycles. The lowest BCUT2D eigenvalue weighted by molar-refractivity contribution is -0.751. The summed E-state index contributed by atoms with van der Waals surface area (Å²) in [5.41, 5.74) is 44.7. The van der Waals surface area contributed by atoms with Crippen LogP contribution in [0.4, 0.5) is 32.1 Å². The van der Waals surface area contributed by atoms with Gasteiger partial charge < -0.3 is 62.8 Å². The molecule has 131 heavy (non-hydrogen) atoms. The molecule has 12 N–H and O–H groups in total. The summed E-state index contributed by atoms with van der Waals surface area (Å²) in [6.07, 6.45) is 37.6. The molecule has 12 aromatic heterocycles. The zero-order valence-electron chi connectivity index (χ0n) is 75.1. The number of halogens is 3. The van der Waals surface area contributed by atoms with Gasteiger partial charge >= 0.3 is 11.3 Å². The summed E-state index contributed by atoms with van der Waals surface area (Å²) in [5.74, 6) is 9.38. The Kier molecular flexibility index (Phi) is 24.9. The van der Waals surface area contributed by atoms with E-state index in [0.717, 1.165) is 174 Å². The van der Waals surface area contributed by atoms with Crippen LogP contribution in [0.5, 0.6) is 0 Å². The summed E-state index contributed by atoms with van der Waals surface area (Å²) in [6, 6.07) is 31.8. The number of aryl methyl sites for hydroxylation is 6. The van der Waals surface area contributed by atoms with Crippen molar-refractivity contribution in [3.05, 3.63) is 259 Å². The molecule has 14 aromatic rings. The summed E-state index contributed by atoms with van der Waals surface area (Å²) in [7, 11) is 12.2. The van der Waals surface area contributed by atoms with Crippen molar-refractivity contribution >= 4 is 104 Å². The summed E-state index contributed by atoms with van der Waals surface area (Å²) in [4.78, 5) is 38.4. The van der Waals surface area contributed by atoms with Crippen molar-refractivity contribution in [1.82, 2.24) is 37.1 Å². The molecule has 2 aromatic carbocycles. The van der Waals surface area contributed by atoms with Crippen LogP contribution in [-0.4, -0.2) is 135 Å². The molecule has 6 aliphatic carbocycles. The molecular formula is C94H117ClF2N30O2S2+6. The number of imidazole rings is 2. The molecule has 0 atom stereocenters. The van der Waals surface area contributed by atoms with E-state index >= 15 is 0 Å². The average molecular weight is 1840 g/mol. The number of thiophene rings is 2. The first-order valence-electron chi connectivity index (χ1n) is 45.3. The highest BCUT2D eigenvalue weighted by Crippen LogP contribution is 2.34. The third-order valence-electron chi connectivity index (χ3n) is 25.2. The molecule has 682 valence electrons. The standard InChI is InChI=1S/C17H20ClFN5.C17H21FN5.C15H20N5O.C15H18N5O.C15H20N5S.C15H18N5S/c1-22-5-4-16-23(6-7-24(16)22)10-13-14(18)8-11(9-15(13)19)17(20)21-12-2-3-12;1-21-7-6-16-22(8-9-23(16)21)11-13-3-2-12(10-15(13)18)17(19)20-14-4-5-14;4*1-18-5-4-14-19(6-7-20(14)18)9-13-8-11(10-21-13)15(16)17-12-2-3-12/h4-5,8-9,12H,2-3,6-7,10H2,1H3,(H2,20,21);2-3,6-7,10,14H,4-5,8-9,11H2,1H3,(H2,19,20);4-5,8,10,12H,2-3,6-7,9H2,1H3,(H2,16,17);4-8,10,12H,2-3,9H2,1H3,(H2,16,17);4-5,8,10,12H,2-3,6-7,9H2,1H3,(H2,16,17);4-8,10,12H,2-3,9H2,1H3,(H2,16,17)/q6*+1. The molecule has 16 heterocycles. The van der Waals surface area contributed by atoms with Crippen molar-refractivity contribution in [2.75, 3.05) is 45.8 Å². The lowest BCUT2D eigenvalue weighted by Gasteiger charge is -2.18. The van der Waals surface area contributed by atoms with E-state index in [1.807, 2.05) is 98.9 Å². The zero-order valence-corrected chi connectivity index (χ0v) is 77.4. The Hall–Kier alpha value is -13.1. The van der Waals surface area contributed by atoms with Crippen molar-refractivity contribution in [2.45, 2.75) is 179 Å². The van der Waals surface area contributed by atoms with E-state index < -0.39 is 0 Å². The van der Waals surface area contributed by atoms with Crippen molar-refractivity contribution < 1.29 is 45.5 Å². The molecule has 10 aliphatic rings. The highest BCUT2D eigenvalue weighted by Gasteiger charge is 2.34. The van der Waals surface area contributed by atoms with E-state index in [-0.39, 0.29) is 11.6 Å². The molecule has 32 nitrogen and oxygen atoms in total. The van der Waals surface area contributed by atoms with Gasteiger partial charge in [0.1, 0.15) is 96.2 Å². The summed E-state index contributed by atoms with van der Waals surface area (Å²) >= 11 is 9.87. The van der Waals surface area contributed by atoms with Crippen molar-refractivity contribution in [3.8, 4) is 0 Å². The molecule has 6 saturated carbocycles. The van der Waals surface area contributed by atoms with Crippen LogP contribution < -0.4 is 81.9 Å². The maximum Gasteiger partial charge on any atom is 0.307 e. The second kappa shape index (κ2) is 37.4. The van der Waals surface area contributed by atoms with Gasteiger partial charge in [-0.1, -0.05) is 23.7 Å². The van der Waals surface area contributed by atoms with Gasteiger partial charge in [0.25, 0.3) is 0 Å². The normalized spacial score (nSPS) is 17.3. The number of nitrogens with two attached hydrogens (primary N) is 6. The fourth-order valence-corrected chi connectivity index (χ4v) is 18.8. The first-order chi connectivity index (χ1) is 63.5. The number of fused-ring (bicyclic) bond motifs is 6. The molecule has 4 aliphatic heterocycles. The average Bonchev–Trinajstić information content (AvgIpc) is 1.67. The van der Waals surface area contributed by atoms with Crippen molar-refractivity contribution in [1.29, 1.82) is 0 Å². The highest BCUT2D eigenvalue weighted by molar-refractivity contribution is 7.10. The minimum atomic E-state index is -0.333. The Labute approximate surface area is 771 Å². The van der Waals surface area contributed by atoms with Gasteiger partial charge in [-0.15, -0.1) is 69.2 Å². The molecule has 0 spiro atoms. The number of aliphatic imine (C=N–C) groups is 6. The minimum absolute atomic E-state index is 0.217. The van der Waals surface area contributed by atoms with E-state index in [0.29, 0.717) is 118 Å². The van der Waals surface area contributed by atoms with Crippen molar-refractivity contribution in [2.24, 2.45) is 107 Å². The zero-order chi connectivity index (χ0) is 90.4. The second-order valence-corrected chi connectivity index (χ2v) is 38.0. The summed E-state index contributed by atoms with van der Waals surface area (Å²) in [5, 5.41) is 4.63. The SMILES string of the molecule is C[n+]1ccc2n1CCN2Cc1c(F)cc(C(N)=NC2CC2)cc1Cl.C[n+]1ccc2n1CCN2Cc1cc(C(N)=NC2CC2)co1.C[n+]1ccc2n1CCN2Cc1cc(C(N)=NC2CC2)cs1.C[n+]1ccc2n1CCN2Cc1ccc(C(N)=NC2CC2)cc1F.Cn1ccc2n1cc[n+]2Cc1cc(C(N)=NC2CC2)co1.Cn1ccc2n1cc[n+]2Cc1cc(C(N)=NC2CC2)cs1. The predicted octanol–water partition coefficient (Wildman–Crippen LogP) is 8.01. The lowest BCUT2D eigenvalue weighted by atomic mass is 10.1. The fraction of sp³-hybridized carbons (Fsp3) is 0.404. The van der Waals surface area contributed by atoms with E-state index in [1.165, 1.54) is 64.9 Å². The number of nitrogens with zero attached hydrogens (tertiary/aromatic N) is 24. The molecule has 37 heteroatoms. The number of amidine groups is 6. The number of rotatable bonds is 24. The molecule has 24 rings (SSSR count). The molecule has 0 bridgehead atoms. The highest BCUT2D eigenvalue weighted by atomic mass is 35.5. The topological polar surface area (TPSA) is 331 Å². The maximum absolute atomic E-state index is 14.6. The smallest absolute Gasteiger partial charge is 0.307 e. The van der Waals surface area contributed by atoms with Gasteiger partial charge in [0, 0.05) is 137 Å². The van der Waals surface area contributed by atoms with Crippen LogP contribution in [0.3, 0.4) is 0 Å². The van der Waals surface area contributed by atoms with Crippen LogP contribution in [0, 0.1) is 11.6 Å². The van der Waals surface area contributed by atoms with Crippen molar-refractivity contribution in [3.63, 3.8) is 0 Å². The van der Waals surface area contributed by atoms with Gasteiger partial charge in [-0.25, -0.2) is 27.3 Å². The van der Waals surface area contributed by atoms with Crippen LogP contribution in [0.15, 0.2) is 215 Å². The molecule has 0 amide bonds. The Morgan fingerprint density at radius 2 is 0.756 bits per heavy atom. The summed E-state index contributed by atoms with van der Waals surface area (Å²) in [6.45, 7) is 12.0. The van der Waals surface area contributed by atoms with Gasteiger partial charge in [0.2, 0.25) is 0 Å².